The minimum Gasteiger partial charge on any atom is -0.433 e. The van der Waals surface area contributed by atoms with Gasteiger partial charge in [0.2, 0.25) is 0 Å². The highest BCUT2D eigenvalue weighted by molar-refractivity contribution is 6.34. The Kier molecular flexibility index (Phi) is 5.51. The Morgan fingerprint density at radius 3 is 2.24 bits per heavy atom. The zero-order valence-electron chi connectivity index (χ0n) is 10.5. The van der Waals surface area contributed by atoms with Crippen molar-refractivity contribution in [3.05, 3.63) is 57.0 Å². The SMILES string of the molecule is FC(F)Oc1ccc(NCc2cc(Cl)cc(Cl)c2)cc1Cl. The highest BCUT2D eigenvalue weighted by Gasteiger charge is 2.09. The van der Waals surface area contributed by atoms with Crippen LogP contribution < -0.4 is 10.1 Å². The predicted octanol–water partition coefficient (Wildman–Crippen LogP) is 5.86. The fraction of sp³-hybridized carbons (Fsp3) is 0.143. The van der Waals surface area contributed by atoms with Gasteiger partial charge < -0.3 is 10.1 Å². The molecule has 0 aliphatic rings. The summed E-state index contributed by atoms with van der Waals surface area (Å²) in [5, 5.41) is 4.27. The molecule has 2 rings (SSSR count). The van der Waals surface area contributed by atoms with Crippen molar-refractivity contribution in [1.82, 2.24) is 0 Å². The summed E-state index contributed by atoms with van der Waals surface area (Å²) in [5.74, 6) is -0.0667. The number of alkyl halides is 2. The van der Waals surface area contributed by atoms with Gasteiger partial charge in [-0.15, -0.1) is 0 Å². The van der Waals surface area contributed by atoms with Crippen molar-refractivity contribution in [2.75, 3.05) is 5.32 Å². The molecule has 0 unspecified atom stereocenters. The number of benzene rings is 2. The molecule has 0 aromatic heterocycles. The Morgan fingerprint density at radius 2 is 1.67 bits per heavy atom. The molecule has 0 fully saturated rings. The summed E-state index contributed by atoms with van der Waals surface area (Å²) in [7, 11) is 0. The molecule has 112 valence electrons. The van der Waals surface area contributed by atoms with Crippen LogP contribution in [-0.4, -0.2) is 6.61 Å². The second-order valence-electron chi connectivity index (χ2n) is 4.15. The molecule has 0 spiro atoms. The van der Waals surface area contributed by atoms with Crippen LogP contribution in [0, 0.1) is 0 Å². The average Bonchev–Trinajstić information content (AvgIpc) is 2.38. The van der Waals surface area contributed by atoms with Crippen LogP contribution in [0.3, 0.4) is 0 Å². The van der Waals surface area contributed by atoms with E-state index >= 15 is 0 Å². The van der Waals surface area contributed by atoms with Gasteiger partial charge in [-0.2, -0.15) is 8.78 Å². The summed E-state index contributed by atoms with van der Waals surface area (Å²) in [4.78, 5) is 0. The quantitative estimate of drug-likeness (QED) is 0.727. The predicted molar refractivity (Wildman–Crippen MR) is 81.9 cm³/mol. The molecule has 2 nitrogen and oxygen atoms in total. The molecule has 0 saturated carbocycles. The molecule has 0 aliphatic carbocycles. The van der Waals surface area contributed by atoms with E-state index in [2.05, 4.69) is 10.1 Å². The molecule has 0 bridgehead atoms. The van der Waals surface area contributed by atoms with E-state index in [0.717, 1.165) is 5.56 Å². The van der Waals surface area contributed by atoms with Crippen LogP contribution in [-0.2, 0) is 6.54 Å². The Balaban J connectivity index is 2.05. The number of rotatable bonds is 5. The van der Waals surface area contributed by atoms with Gasteiger partial charge >= 0.3 is 6.61 Å². The standard InChI is InChI=1S/C14H10Cl3F2NO/c15-9-3-8(4-10(16)5-9)7-20-11-1-2-13(12(17)6-11)21-14(18)19/h1-6,14,20H,7H2. The van der Waals surface area contributed by atoms with Crippen LogP contribution >= 0.6 is 34.8 Å². The van der Waals surface area contributed by atoms with Crippen LogP contribution in [0.15, 0.2) is 36.4 Å². The van der Waals surface area contributed by atoms with E-state index in [9.17, 15) is 8.78 Å². The maximum atomic E-state index is 12.1. The maximum absolute atomic E-state index is 12.1. The number of nitrogens with one attached hydrogen (secondary N) is 1. The van der Waals surface area contributed by atoms with E-state index in [1.165, 1.54) is 12.1 Å². The molecule has 2 aromatic rings. The Morgan fingerprint density at radius 1 is 1.00 bits per heavy atom. The first-order valence-corrected chi connectivity index (χ1v) is 7.00. The number of halogens is 5. The van der Waals surface area contributed by atoms with Crippen molar-refractivity contribution in [3.8, 4) is 5.75 Å². The van der Waals surface area contributed by atoms with Crippen molar-refractivity contribution < 1.29 is 13.5 Å². The second-order valence-corrected chi connectivity index (χ2v) is 5.44. The first-order chi connectivity index (χ1) is 9.94. The molecule has 0 radical (unpaired) electrons. The number of hydrogen-bond donors (Lipinski definition) is 1. The fourth-order valence-electron chi connectivity index (χ4n) is 1.72. The van der Waals surface area contributed by atoms with E-state index in [1.54, 1.807) is 24.3 Å². The van der Waals surface area contributed by atoms with E-state index in [0.29, 0.717) is 22.3 Å². The van der Waals surface area contributed by atoms with Gasteiger partial charge in [0.05, 0.1) is 5.02 Å². The van der Waals surface area contributed by atoms with Crippen molar-refractivity contribution in [2.24, 2.45) is 0 Å². The van der Waals surface area contributed by atoms with E-state index in [4.69, 9.17) is 34.8 Å². The van der Waals surface area contributed by atoms with Crippen molar-refractivity contribution in [1.29, 1.82) is 0 Å². The highest BCUT2D eigenvalue weighted by atomic mass is 35.5. The third-order valence-electron chi connectivity index (χ3n) is 2.57. The Hall–Kier alpha value is -1.23. The van der Waals surface area contributed by atoms with Gasteiger partial charge in [0, 0.05) is 22.3 Å². The Bertz CT molecular complexity index is 617. The second kappa shape index (κ2) is 7.16. The molecule has 0 saturated heterocycles. The lowest BCUT2D eigenvalue weighted by Crippen LogP contribution is -2.03. The molecule has 0 amide bonds. The van der Waals surface area contributed by atoms with E-state index in [1.807, 2.05) is 0 Å². The maximum Gasteiger partial charge on any atom is 0.387 e. The molecule has 0 heterocycles. The van der Waals surface area contributed by atoms with Gasteiger partial charge in [-0.1, -0.05) is 34.8 Å². The lowest BCUT2D eigenvalue weighted by Gasteiger charge is -2.11. The molecule has 0 aliphatic heterocycles. The van der Waals surface area contributed by atoms with E-state index < -0.39 is 6.61 Å². The van der Waals surface area contributed by atoms with E-state index in [-0.39, 0.29) is 10.8 Å². The van der Waals surface area contributed by atoms with Crippen LogP contribution in [0.1, 0.15) is 5.56 Å². The van der Waals surface area contributed by atoms with Crippen LogP contribution in [0.25, 0.3) is 0 Å². The molecular weight excluding hydrogens is 343 g/mol. The first-order valence-electron chi connectivity index (χ1n) is 5.87. The molecule has 2 aromatic carbocycles. The molecule has 1 N–H and O–H groups in total. The summed E-state index contributed by atoms with van der Waals surface area (Å²) in [6, 6.07) is 9.66. The summed E-state index contributed by atoms with van der Waals surface area (Å²) in [6.07, 6.45) is 0. The molecule has 7 heteroatoms. The number of hydrogen-bond acceptors (Lipinski definition) is 2. The van der Waals surface area contributed by atoms with Gasteiger partial charge in [0.25, 0.3) is 0 Å². The van der Waals surface area contributed by atoms with Gasteiger partial charge in [-0.25, -0.2) is 0 Å². The normalized spacial score (nSPS) is 10.8. The third kappa shape index (κ3) is 4.92. The minimum absolute atomic E-state index is 0.0667. The average molecular weight is 353 g/mol. The van der Waals surface area contributed by atoms with Crippen LogP contribution in [0.5, 0.6) is 5.75 Å². The van der Waals surface area contributed by atoms with Crippen molar-refractivity contribution in [2.45, 2.75) is 13.2 Å². The monoisotopic (exact) mass is 351 g/mol. The Labute approximate surface area is 135 Å². The highest BCUT2D eigenvalue weighted by Crippen LogP contribution is 2.29. The topological polar surface area (TPSA) is 21.3 Å². The molecule has 21 heavy (non-hydrogen) atoms. The van der Waals surface area contributed by atoms with Gasteiger partial charge in [0.15, 0.2) is 0 Å². The number of anilines is 1. The summed E-state index contributed by atoms with van der Waals surface area (Å²) in [6.45, 7) is -2.44. The largest absolute Gasteiger partial charge is 0.433 e. The summed E-state index contributed by atoms with van der Waals surface area (Å²) >= 11 is 17.7. The number of ether oxygens (including phenoxy) is 1. The fourth-order valence-corrected chi connectivity index (χ4v) is 2.52. The molecule has 0 atom stereocenters. The lowest BCUT2D eigenvalue weighted by molar-refractivity contribution is -0.0497. The van der Waals surface area contributed by atoms with Gasteiger partial charge in [-0.3, -0.25) is 0 Å². The minimum atomic E-state index is -2.91. The van der Waals surface area contributed by atoms with Crippen molar-refractivity contribution in [3.63, 3.8) is 0 Å². The summed E-state index contributed by atoms with van der Waals surface area (Å²) in [5.41, 5.74) is 1.55. The smallest absolute Gasteiger partial charge is 0.387 e. The van der Waals surface area contributed by atoms with Crippen LogP contribution in [0.4, 0.5) is 14.5 Å². The zero-order chi connectivity index (χ0) is 15.4. The van der Waals surface area contributed by atoms with Gasteiger partial charge in [0.1, 0.15) is 5.75 Å². The lowest BCUT2D eigenvalue weighted by atomic mass is 10.2. The first kappa shape index (κ1) is 16.1. The zero-order valence-corrected chi connectivity index (χ0v) is 12.8. The molecular formula is C14H10Cl3F2NO. The van der Waals surface area contributed by atoms with Crippen LogP contribution in [0.2, 0.25) is 15.1 Å². The van der Waals surface area contributed by atoms with Gasteiger partial charge in [-0.05, 0) is 42.0 Å². The third-order valence-corrected chi connectivity index (χ3v) is 3.30. The van der Waals surface area contributed by atoms with Crippen molar-refractivity contribution >= 4 is 40.5 Å². The summed E-state index contributed by atoms with van der Waals surface area (Å²) < 4.78 is 28.5.